The maximum absolute atomic E-state index is 11.7. The molecule has 1 saturated heterocycles. The van der Waals surface area contributed by atoms with Crippen molar-refractivity contribution < 1.29 is 9.66 Å². The minimum atomic E-state index is -0.462. The summed E-state index contributed by atoms with van der Waals surface area (Å²) in [7, 11) is 0. The highest BCUT2D eigenvalue weighted by Crippen LogP contribution is 2.36. The number of nitrogens with zero attached hydrogens (tertiary/aromatic N) is 5. The van der Waals surface area contributed by atoms with E-state index in [1.54, 1.807) is 6.07 Å². The molecule has 0 radical (unpaired) electrons. The highest BCUT2D eigenvalue weighted by atomic mass is 32.2. The average molecular weight is 351 g/mol. The summed E-state index contributed by atoms with van der Waals surface area (Å²) < 4.78 is 5.32. The zero-order valence-electron chi connectivity index (χ0n) is 13.3. The maximum Gasteiger partial charge on any atom is 0.353 e. The van der Waals surface area contributed by atoms with E-state index in [1.165, 1.54) is 11.8 Å². The molecule has 0 saturated carbocycles. The van der Waals surface area contributed by atoms with Gasteiger partial charge in [-0.2, -0.15) is 15.1 Å². The summed E-state index contributed by atoms with van der Waals surface area (Å²) in [6.07, 6.45) is 1.83. The van der Waals surface area contributed by atoms with E-state index in [0.717, 1.165) is 5.69 Å². The number of nitrogens with one attached hydrogen (secondary N) is 2. The lowest BCUT2D eigenvalue weighted by molar-refractivity contribution is -0.383. The number of thioether (sulfide) groups is 1. The van der Waals surface area contributed by atoms with Gasteiger partial charge in [0.15, 0.2) is 11.0 Å². The van der Waals surface area contributed by atoms with E-state index in [-0.39, 0.29) is 11.5 Å². The molecule has 3 rings (SSSR count). The third-order valence-corrected chi connectivity index (χ3v) is 4.02. The van der Waals surface area contributed by atoms with Gasteiger partial charge < -0.3 is 15.0 Å². The Labute approximate surface area is 142 Å². The van der Waals surface area contributed by atoms with Gasteiger partial charge in [0.2, 0.25) is 11.6 Å². The predicted molar refractivity (Wildman–Crippen MR) is 90.1 cm³/mol. The quantitative estimate of drug-likeness (QED) is 0.359. The third kappa shape index (κ3) is 3.41. The molecule has 3 heterocycles. The molecule has 0 unspecified atom stereocenters. The molecule has 1 fully saturated rings. The van der Waals surface area contributed by atoms with Gasteiger partial charge in [-0.15, -0.1) is 0 Å². The molecule has 2 N–H and O–H groups in total. The van der Waals surface area contributed by atoms with Crippen molar-refractivity contribution in [2.24, 2.45) is 0 Å². The van der Waals surface area contributed by atoms with Crippen LogP contribution in [0.25, 0.3) is 0 Å². The second-order valence-corrected chi connectivity index (χ2v) is 5.92. The van der Waals surface area contributed by atoms with Gasteiger partial charge in [0.1, 0.15) is 0 Å². The van der Waals surface area contributed by atoms with Crippen LogP contribution in [0.3, 0.4) is 0 Å². The lowest BCUT2D eigenvalue weighted by Crippen LogP contribution is -2.37. The van der Waals surface area contributed by atoms with Crippen LogP contribution in [0.1, 0.15) is 5.69 Å². The molecule has 128 valence electrons. The normalized spacial score (nSPS) is 14.7. The van der Waals surface area contributed by atoms with Gasteiger partial charge in [-0.05, 0) is 13.2 Å². The van der Waals surface area contributed by atoms with Gasteiger partial charge >= 0.3 is 5.69 Å². The number of hydrogen-bond donors (Lipinski definition) is 2. The number of H-pyrrole nitrogens is 1. The number of anilines is 3. The Morgan fingerprint density at radius 1 is 1.42 bits per heavy atom. The number of ether oxygens (including phenoxy) is 1. The van der Waals surface area contributed by atoms with Gasteiger partial charge in [-0.3, -0.25) is 15.2 Å². The lowest BCUT2D eigenvalue weighted by Gasteiger charge is -2.27. The number of aryl methyl sites for hydroxylation is 1. The topological polar surface area (TPSA) is 122 Å². The van der Waals surface area contributed by atoms with Crippen LogP contribution < -0.4 is 10.2 Å². The molecule has 0 aliphatic carbocycles. The Kier molecular flexibility index (Phi) is 4.81. The molecule has 0 aromatic carbocycles. The number of aromatic amines is 1. The largest absolute Gasteiger partial charge is 0.378 e. The predicted octanol–water partition coefficient (Wildman–Crippen LogP) is 1.72. The van der Waals surface area contributed by atoms with Gasteiger partial charge in [-0.25, -0.2) is 0 Å². The Morgan fingerprint density at radius 2 is 2.17 bits per heavy atom. The SMILES string of the molecule is CSc1nc(Nc2cc(C)[nH]n2)c([N+](=O)[O-])c(N2CCOCC2)n1. The van der Waals surface area contributed by atoms with Gasteiger partial charge in [0, 0.05) is 24.8 Å². The van der Waals surface area contributed by atoms with Crippen molar-refractivity contribution in [2.75, 3.05) is 42.8 Å². The number of rotatable bonds is 5. The van der Waals surface area contributed by atoms with Crippen molar-refractivity contribution in [1.29, 1.82) is 0 Å². The first kappa shape index (κ1) is 16.5. The first-order valence-corrected chi connectivity index (χ1v) is 8.53. The van der Waals surface area contributed by atoms with Gasteiger partial charge in [0.25, 0.3) is 0 Å². The van der Waals surface area contributed by atoms with Crippen LogP contribution in [0.15, 0.2) is 11.2 Å². The minimum Gasteiger partial charge on any atom is -0.378 e. The molecular weight excluding hydrogens is 334 g/mol. The van der Waals surface area contributed by atoms with Crippen LogP contribution in [0, 0.1) is 17.0 Å². The molecule has 1 aliphatic rings. The number of hydrogen-bond acceptors (Lipinski definition) is 9. The summed E-state index contributed by atoms with van der Waals surface area (Å²) in [5.41, 5.74) is 0.683. The standard InChI is InChI=1S/C13H17N7O3S/c1-8-7-9(18-17-8)14-11-10(20(21)22)12(16-13(15-11)24-2)19-3-5-23-6-4-19/h7H,3-6H2,1-2H3,(H2,14,15,16,17,18). The summed E-state index contributed by atoms with van der Waals surface area (Å²) in [5, 5.41) is 21.9. The van der Waals surface area contributed by atoms with Crippen LogP contribution in [0.5, 0.6) is 0 Å². The molecule has 24 heavy (non-hydrogen) atoms. The number of aromatic nitrogens is 4. The molecule has 2 aromatic rings. The fourth-order valence-electron chi connectivity index (χ4n) is 2.37. The van der Waals surface area contributed by atoms with Crippen molar-refractivity contribution in [2.45, 2.75) is 12.1 Å². The van der Waals surface area contributed by atoms with Crippen LogP contribution in [0.4, 0.5) is 23.1 Å². The first-order valence-electron chi connectivity index (χ1n) is 7.30. The first-order chi connectivity index (χ1) is 11.6. The van der Waals surface area contributed by atoms with E-state index in [9.17, 15) is 10.1 Å². The van der Waals surface area contributed by atoms with Crippen LogP contribution >= 0.6 is 11.8 Å². The molecule has 2 aromatic heterocycles. The second kappa shape index (κ2) is 7.01. The molecular formula is C13H17N7O3S. The summed E-state index contributed by atoms with van der Waals surface area (Å²) in [5.74, 6) is 0.902. The highest BCUT2D eigenvalue weighted by Gasteiger charge is 2.30. The number of nitro groups is 1. The molecule has 1 aliphatic heterocycles. The van der Waals surface area contributed by atoms with Crippen LogP contribution in [0.2, 0.25) is 0 Å². The van der Waals surface area contributed by atoms with Crippen LogP contribution in [-0.4, -0.2) is 57.6 Å². The third-order valence-electron chi connectivity index (χ3n) is 3.47. The van der Waals surface area contributed by atoms with E-state index in [0.29, 0.717) is 43.1 Å². The summed E-state index contributed by atoms with van der Waals surface area (Å²) in [6, 6.07) is 1.75. The zero-order valence-corrected chi connectivity index (χ0v) is 14.1. The maximum atomic E-state index is 11.7. The van der Waals surface area contributed by atoms with Crippen molar-refractivity contribution in [3.05, 3.63) is 21.9 Å². The fraction of sp³-hybridized carbons (Fsp3) is 0.462. The summed E-state index contributed by atoms with van der Waals surface area (Å²) >= 11 is 1.33. The van der Waals surface area contributed by atoms with Crippen molar-refractivity contribution in [1.82, 2.24) is 20.2 Å². The number of morpholine rings is 1. The fourth-order valence-corrected chi connectivity index (χ4v) is 2.73. The molecule has 0 spiro atoms. The van der Waals surface area contributed by atoms with Gasteiger partial charge in [-0.1, -0.05) is 11.8 Å². The Balaban J connectivity index is 2.06. The van der Waals surface area contributed by atoms with Crippen molar-refractivity contribution in [3.8, 4) is 0 Å². The zero-order chi connectivity index (χ0) is 17.1. The minimum absolute atomic E-state index is 0.132. The highest BCUT2D eigenvalue weighted by molar-refractivity contribution is 7.98. The van der Waals surface area contributed by atoms with E-state index in [2.05, 4.69) is 25.5 Å². The van der Waals surface area contributed by atoms with E-state index in [1.807, 2.05) is 18.1 Å². The monoisotopic (exact) mass is 351 g/mol. The Hall–Kier alpha value is -2.40. The van der Waals surface area contributed by atoms with E-state index < -0.39 is 4.92 Å². The average Bonchev–Trinajstić information content (AvgIpc) is 2.99. The molecule has 10 nitrogen and oxygen atoms in total. The van der Waals surface area contributed by atoms with E-state index in [4.69, 9.17) is 4.74 Å². The lowest BCUT2D eigenvalue weighted by atomic mass is 10.3. The molecule has 0 bridgehead atoms. The van der Waals surface area contributed by atoms with Crippen molar-refractivity contribution >= 4 is 34.9 Å². The summed E-state index contributed by atoms with van der Waals surface area (Å²) in [6.45, 7) is 3.96. The molecule has 0 amide bonds. The second-order valence-electron chi connectivity index (χ2n) is 5.15. The van der Waals surface area contributed by atoms with Crippen molar-refractivity contribution in [3.63, 3.8) is 0 Å². The smallest absolute Gasteiger partial charge is 0.353 e. The van der Waals surface area contributed by atoms with Gasteiger partial charge in [0.05, 0.1) is 18.1 Å². The van der Waals surface area contributed by atoms with E-state index >= 15 is 0 Å². The molecule has 0 atom stereocenters. The van der Waals surface area contributed by atoms with Crippen LogP contribution in [-0.2, 0) is 4.74 Å². The summed E-state index contributed by atoms with van der Waals surface area (Å²) in [4.78, 5) is 21.7. The Morgan fingerprint density at radius 3 is 2.75 bits per heavy atom. The Bertz CT molecular complexity index is 745. The molecule has 11 heteroatoms.